The molecule has 2 atom stereocenters. The predicted molar refractivity (Wildman–Crippen MR) is 58.7 cm³/mol. The average Bonchev–Trinajstić information content (AvgIpc) is 2.10. The molecule has 0 aromatic heterocycles. The summed E-state index contributed by atoms with van der Waals surface area (Å²) in [6.45, 7) is 6.94. The molecular weight excluding hydrogens is 215 g/mol. The van der Waals surface area contributed by atoms with Crippen LogP contribution in [-0.2, 0) is 13.9 Å². The molecule has 0 aromatic carbocycles. The van der Waals surface area contributed by atoms with Crippen molar-refractivity contribution in [2.45, 2.75) is 52.6 Å². The first-order valence-electron chi connectivity index (χ1n) is 5.20. The lowest BCUT2D eigenvalue weighted by atomic mass is 9.89. The molecule has 0 radical (unpaired) electrons. The quantitative estimate of drug-likeness (QED) is 0.689. The maximum absolute atomic E-state index is 11.8. The lowest BCUT2D eigenvalue weighted by molar-refractivity contribution is -0.136. The number of carbonyl (C=O) groups is 1. The molecule has 0 saturated heterocycles. The zero-order valence-corrected chi connectivity index (χ0v) is 10.7. The van der Waals surface area contributed by atoms with Crippen LogP contribution in [0.3, 0.4) is 0 Å². The topological polar surface area (TPSA) is 63.6 Å². The van der Waals surface area contributed by atoms with Crippen molar-refractivity contribution in [1.29, 1.82) is 0 Å². The molecule has 4 nitrogen and oxygen atoms in total. The molecule has 0 aliphatic rings. The van der Waals surface area contributed by atoms with E-state index in [-0.39, 0.29) is 11.7 Å². The first-order chi connectivity index (χ1) is 6.81. The van der Waals surface area contributed by atoms with Crippen LogP contribution in [0.1, 0.15) is 47.0 Å². The van der Waals surface area contributed by atoms with Gasteiger partial charge in [0.15, 0.2) is 11.4 Å². The molecule has 1 N–H and O–H groups in total. The van der Waals surface area contributed by atoms with E-state index in [0.29, 0.717) is 0 Å². The number of hydrogen-bond donors (Lipinski definition) is 1. The van der Waals surface area contributed by atoms with Crippen LogP contribution in [0, 0.1) is 5.92 Å². The van der Waals surface area contributed by atoms with E-state index in [2.05, 4.69) is 6.92 Å². The summed E-state index contributed by atoms with van der Waals surface area (Å²) in [6.07, 6.45) is 2.81. The summed E-state index contributed by atoms with van der Waals surface area (Å²) in [5.41, 5.74) is -1.17. The Bertz CT molecular complexity index is 238. The van der Waals surface area contributed by atoms with E-state index in [1.165, 1.54) is 13.8 Å². The minimum Gasteiger partial charge on any atom is -0.296 e. The summed E-state index contributed by atoms with van der Waals surface area (Å²) >= 11 is 0. The highest BCUT2D eigenvalue weighted by atomic mass is 31.1. The number of ketones is 1. The Morgan fingerprint density at radius 1 is 1.53 bits per heavy atom. The van der Waals surface area contributed by atoms with Crippen molar-refractivity contribution in [3.05, 3.63) is 0 Å². The fourth-order valence-corrected chi connectivity index (χ4v) is 1.96. The molecule has 0 aromatic rings. The van der Waals surface area contributed by atoms with E-state index in [1.54, 1.807) is 0 Å². The van der Waals surface area contributed by atoms with Gasteiger partial charge in [0, 0.05) is 10.5 Å². The van der Waals surface area contributed by atoms with Crippen molar-refractivity contribution in [3.8, 4) is 0 Å². The Morgan fingerprint density at radius 2 is 2.07 bits per heavy atom. The van der Waals surface area contributed by atoms with Crippen molar-refractivity contribution in [1.82, 2.24) is 0 Å². The second kappa shape index (κ2) is 6.31. The minimum atomic E-state index is -2.73. The summed E-state index contributed by atoms with van der Waals surface area (Å²) in [4.78, 5) is 20.5. The van der Waals surface area contributed by atoms with Gasteiger partial charge in [0.1, 0.15) is 0 Å². The third-order valence-electron chi connectivity index (χ3n) is 2.34. The fourth-order valence-electron chi connectivity index (χ4n) is 1.48. The Morgan fingerprint density at radius 3 is 2.47 bits per heavy atom. The largest absolute Gasteiger partial charge is 0.695 e. The molecule has 88 valence electrons. The summed E-state index contributed by atoms with van der Waals surface area (Å²) in [7, 11) is -2.73. The van der Waals surface area contributed by atoms with E-state index >= 15 is 0 Å². The minimum absolute atomic E-state index is 0.117. The third kappa shape index (κ3) is 5.36. The van der Waals surface area contributed by atoms with Gasteiger partial charge in [-0.15, -0.1) is 9.42 Å². The van der Waals surface area contributed by atoms with Gasteiger partial charge in [0.25, 0.3) is 0 Å². The van der Waals surface area contributed by atoms with E-state index in [1.807, 2.05) is 6.92 Å². The van der Waals surface area contributed by atoms with Crippen molar-refractivity contribution >= 4 is 14.0 Å². The van der Waals surface area contributed by atoms with Crippen LogP contribution >= 0.6 is 8.25 Å². The molecule has 0 fully saturated rings. The van der Waals surface area contributed by atoms with Crippen molar-refractivity contribution in [2.24, 2.45) is 5.92 Å². The zero-order valence-electron chi connectivity index (χ0n) is 9.82. The maximum Gasteiger partial charge on any atom is 0.695 e. The molecule has 15 heavy (non-hydrogen) atoms. The van der Waals surface area contributed by atoms with Gasteiger partial charge in [-0.25, -0.2) is 0 Å². The van der Waals surface area contributed by atoms with Crippen LogP contribution in [0.25, 0.3) is 0 Å². The second-order valence-corrected chi connectivity index (χ2v) is 4.91. The van der Waals surface area contributed by atoms with Gasteiger partial charge in [0.05, 0.1) is 0 Å². The Labute approximate surface area is 92.0 Å². The predicted octanol–water partition coefficient (Wildman–Crippen LogP) is 2.83. The van der Waals surface area contributed by atoms with Crippen LogP contribution in [-0.4, -0.2) is 16.3 Å². The smallest absolute Gasteiger partial charge is 0.296 e. The van der Waals surface area contributed by atoms with Crippen LogP contribution in [0.5, 0.6) is 0 Å². The lowest BCUT2D eigenvalue weighted by Gasteiger charge is -2.20. The van der Waals surface area contributed by atoms with Crippen molar-refractivity contribution in [3.63, 3.8) is 0 Å². The van der Waals surface area contributed by atoms with Crippen LogP contribution in [0.2, 0.25) is 0 Å². The molecule has 0 bridgehead atoms. The molecule has 2 unspecified atom stereocenters. The van der Waals surface area contributed by atoms with Gasteiger partial charge in [-0.2, -0.15) is 0 Å². The molecule has 0 spiro atoms. The third-order valence-corrected chi connectivity index (χ3v) is 2.95. The summed E-state index contributed by atoms with van der Waals surface area (Å²) in [5.74, 6) is -0.247. The van der Waals surface area contributed by atoms with Crippen LogP contribution in [0.15, 0.2) is 0 Å². The molecule has 0 heterocycles. The number of unbranched alkanes of at least 4 members (excludes halogenated alkanes) is 1. The van der Waals surface area contributed by atoms with Gasteiger partial charge < -0.3 is 0 Å². The average molecular weight is 235 g/mol. The fraction of sp³-hybridized carbons (Fsp3) is 0.900. The lowest BCUT2D eigenvalue weighted by Crippen LogP contribution is -2.37. The monoisotopic (exact) mass is 235 g/mol. The zero-order chi connectivity index (χ0) is 12.1. The van der Waals surface area contributed by atoms with E-state index < -0.39 is 13.9 Å². The molecule has 0 rings (SSSR count). The first kappa shape index (κ1) is 14.7. The Hall–Kier alpha value is -0.310. The Balaban J connectivity index is 4.33. The molecule has 0 amide bonds. The normalized spacial score (nSPS) is 14.9. The molecule has 0 aliphatic carbocycles. The number of rotatable bonds is 7. The van der Waals surface area contributed by atoms with Gasteiger partial charge in [0.2, 0.25) is 0 Å². The highest BCUT2D eigenvalue weighted by molar-refractivity contribution is 7.32. The molecular formula is C10H20O4P+. The molecule has 0 saturated carbocycles. The SMILES string of the molecule is CCCCC(C)C(=O)C(C)(C)O[P+](=O)O. The van der Waals surface area contributed by atoms with E-state index in [9.17, 15) is 9.36 Å². The number of Topliss-reactive ketones (excluding diaryl/α,β-unsaturated/α-hetero) is 1. The highest BCUT2D eigenvalue weighted by Crippen LogP contribution is 2.29. The maximum atomic E-state index is 11.8. The number of hydrogen-bond acceptors (Lipinski definition) is 3. The second-order valence-electron chi connectivity index (χ2n) is 4.25. The molecule has 0 aliphatic heterocycles. The van der Waals surface area contributed by atoms with Crippen LogP contribution in [0.4, 0.5) is 0 Å². The van der Waals surface area contributed by atoms with Gasteiger partial charge in [-0.3, -0.25) is 4.79 Å². The highest BCUT2D eigenvalue weighted by Gasteiger charge is 2.40. The summed E-state index contributed by atoms with van der Waals surface area (Å²) < 4.78 is 15.2. The van der Waals surface area contributed by atoms with Crippen LogP contribution < -0.4 is 0 Å². The van der Waals surface area contributed by atoms with E-state index in [0.717, 1.165) is 19.3 Å². The summed E-state index contributed by atoms with van der Waals surface area (Å²) in [5, 5.41) is 0. The number of carbonyl (C=O) groups excluding carboxylic acids is 1. The van der Waals surface area contributed by atoms with Crippen molar-refractivity contribution < 1.29 is 18.8 Å². The van der Waals surface area contributed by atoms with Crippen molar-refractivity contribution in [2.75, 3.05) is 0 Å². The molecule has 5 heteroatoms. The Kier molecular flexibility index (Phi) is 6.18. The summed E-state index contributed by atoms with van der Waals surface area (Å²) in [6, 6.07) is 0. The van der Waals surface area contributed by atoms with E-state index in [4.69, 9.17) is 9.42 Å². The van der Waals surface area contributed by atoms with Gasteiger partial charge >= 0.3 is 8.25 Å². The van der Waals surface area contributed by atoms with Gasteiger partial charge in [-0.05, 0) is 20.3 Å². The van der Waals surface area contributed by atoms with Gasteiger partial charge in [-0.1, -0.05) is 26.7 Å². The standard InChI is InChI=1S/C10H19O4P/c1-5-6-7-8(2)9(11)10(3,4)14-15(12)13/h8H,5-7H2,1-4H3/p+1. The first-order valence-corrected chi connectivity index (χ1v) is 6.34.